The van der Waals surface area contributed by atoms with Crippen LogP contribution in [-0.4, -0.2) is 16.9 Å². The number of anilines is 1. The number of carbonyl (C=O) groups is 1. The number of nitrogens with one attached hydrogen (secondary N) is 1. The molecule has 1 unspecified atom stereocenters. The molecule has 120 valence electrons. The minimum Gasteiger partial charge on any atom is -0.474 e. The Bertz CT molecular complexity index is 731. The van der Waals surface area contributed by atoms with Crippen LogP contribution in [0.4, 0.5) is 15.8 Å². The zero-order valence-corrected chi connectivity index (χ0v) is 12.6. The van der Waals surface area contributed by atoms with E-state index in [-0.39, 0.29) is 5.75 Å². The molecule has 2 aromatic rings. The summed E-state index contributed by atoms with van der Waals surface area (Å²) in [6, 6.07) is 9.96. The van der Waals surface area contributed by atoms with E-state index in [4.69, 9.17) is 4.74 Å². The minimum atomic E-state index is -1.03. The van der Waals surface area contributed by atoms with Crippen LogP contribution in [0.25, 0.3) is 0 Å². The molecule has 0 aliphatic heterocycles. The van der Waals surface area contributed by atoms with Gasteiger partial charge in [-0.1, -0.05) is 17.7 Å². The third-order valence-corrected chi connectivity index (χ3v) is 3.11. The molecule has 0 radical (unpaired) electrons. The molecule has 2 rings (SSSR count). The van der Waals surface area contributed by atoms with E-state index in [0.717, 1.165) is 23.8 Å². The first kappa shape index (κ1) is 16.4. The van der Waals surface area contributed by atoms with Crippen molar-refractivity contribution in [3.8, 4) is 5.75 Å². The van der Waals surface area contributed by atoms with Crippen molar-refractivity contribution in [2.75, 3.05) is 5.32 Å². The Kier molecular flexibility index (Phi) is 4.90. The molecule has 2 aromatic carbocycles. The van der Waals surface area contributed by atoms with Crippen LogP contribution in [0.5, 0.6) is 5.75 Å². The molecule has 0 spiro atoms. The van der Waals surface area contributed by atoms with Gasteiger partial charge in [-0.05, 0) is 32.0 Å². The maximum Gasteiger partial charge on any atom is 0.311 e. The topological polar surface area (TPSA) is 81.5 Å². The lowest BCUT2D eigenvalue weighted by Gasteiger charge is -2.15. The van der Waals surface area contributed by atoms with E-state index in [0.29, 0.717) is 5.69 Å². The van der Waals surface area contributed by atoms with Gasteiger partial charge in [0.2, 0.25) is 5.75 Å². The van der Waals surface area contributed by atoms with E-state index in [2.05, 4.69) is 5.32 Å². The maximum atomic E-state index is 13.2. The van der Waals surface area contributed by atoms with Crippen LogP contribution in [-0.2, 0) is 4.79 Å². The number of amides is 1. The molecule has 23 heavy (non-hydrogen) atoms. The summed E-state index contributed by atoms with van der Waals surface area (Å²) in [5, 5.41) is 13.5. The lowest BCUT2D eigenvalue weighted by atomic mass is 10.2. The average Bonchev–Trinajstić information content (AvgIpc) is 2.49. The molecule has 0 fully saturated rings. The number of rotatable bonds is 5. The van der Waals surface area contributed by atoms with E-state index in [1.165, 1.54) is 6.92 Å². The molecule has 0 aliphatic rings. The fraction of sp³-hybridized carbons (Fsp3) is 0.188. The van der Waals surface area contributed by atoms with Crippen LogP contribution >= 0.6 is 0 Å². The van der Waals surface area contributed by atoms with Crippen molar-refractivity contribution in [2.24, 2.45) is 0 Å². The number of carbonyl (C=O) groups excluding carboxylic acids is 1. The number of hydrogen-bond donors (Lipinski definition) is 1. The number of halogens is 1. The molecule has 0 bridgehead atoms. The van der Waals surface area contributed by atoms with Gasteiger partial charge in [-0.15, -0.1) is 0 Å². The lowest BCUT2D eigenvalue weighted by Crippen LogP contribution is -2.30. The minimum absolute atomic E-state index is 0.290. The van der Waals surface area contributed by atoms with Crippen molar-refractivity contribution >= 4 is 17.3 Å². The summed E-state index contributed by atoms with van der Waals surface area (Å²) in [5.41, 5.74) is 1.22. The van der Waals surface area contributed by atoms with E-state index in [9.17, 15) is 19.3 Å². The van der Waals surface area contributed by atoms with Crippen LogP contribution in [0, 0.1) is 22.9 Å². The van der Waals surface area contributed by atoms with Crippen LogP contribution in [0.1, 0.15) is 12.5 Å². The average molecular weight is 318 g/mol. The molecular weight excluding hydrogens is 303 g/mol. The highest BCUT2D eigenvalue weighted by molar-refractivity contribution is 5.94. The Hall–Kier alpha value is -2.96. The van der Waals surface area contributed by atoms with Gasteiger partial charge in [0.1, 0.15) is 5.82 Å². The Morgan fingerprint density at radius 1 is 1.26 bits per heavy atom. The predicted octanol–water partition coefficient (Wildman–Crippen LogP) is 3.45. The van der Waals surface area contributed by atoms with E-state index >= 15 is 0 Å². The molecule has 0 aliphatic carbocycles. The number of aryl methyl sites for hydroxylation is 1. The Morgan fingerprint density at radius 3 is 2.52 bits per heavy atom. The first-order valence-electron chi connectivity index (χ1n) is 6.85. The fourth-order valence-corrected chi connectivity index (χ4v) is 1.86. The van der Waals surface area contributed by atoms with Gasteiger partial charge in [-0.25, -0.2) is 4.39 Å². The molecule has 0 aromatic heterocycles. The lowest BCUT2D eigenvalue weighted by molar-refractivity contribution is -0.386. The van der Waals surface area contributed by atoms with Crippen molar-refractivity contribution in [1.29, 1.82) is 0 Å². The Morgan fingerprint density at radius 2 is 1.91 bits per heavy atom. The second-order valence-corrected chi connectivity index (χ2v) is 4.98. The third-order valence-electron chi connectivity index (χ3n) is 3.11. The molecule has 6 nitrogen and oxygen atoms in total. The second kappa shape index (κ2) is 6.87. The smallest absolute Gasteiger partial charge is 0.311 e. The van der Waals surface area contributed by atoms with Gasteiger partial charge in [0.25, 0.3) is 5.91 Å². The summed E-state index contributed by atoms with van der Waals surface area (Å²) >= 11 is 0. The highest BCUT2D eigenvalue weighted by atomic mass is 19.1. The largest absolute Gasteiger partial charge is 0.474 e. The summed E-state index contributed by atoms with van der Waals surface area (Å²) in [5.74, 6) is -1.47. The summed E-state index contributed by atoms with van der Waals surface area (Å²) in [6.45, 7) is 3.35. The van der Waals surface area contributed by atoms with Gasteiger partial charge in [0, 0.05) is 17.8 Å². The number of nitro groups is 1. The van der Waals surface area contributed by atoms with Gasteiger partial charge in [-0.2, -0.15) is 0 Å². The molecule has 1 atom stereocenters. The van der Waals surface area contributed by atoms with Crippen LogP contribution in [0.2, 0.25) is 0 Å². The molecule has 1 amide bonds. The summed E-state index contributed by atoms with van der Waals surface area (Å²) < 4.78 is 18.5. The number of hydrogen-bond acceptors (Lipinski definition) is 4. The summed E-state index contributed by atoms with van der Waals surface area (Å²) in [7, 11) is 0. The monoisotopic (exact) mass is 318 g/mol. The normalized spacial score (nSPS) is 11.6. The molecule has 0 heterocycles. The summed E-state index contributed by atoms with van der Waals surface area (Å²) in [6.07, 6.45) is -1.03. The van der Waals surface area contributed by atoms with Gasteiger partial charge in [0.05, 0.1) is 4.92 Å². The molecule has 0 saturated heterocycles. The van der Waals surface area contributed by atoms with Crippen molar-refractivity contribution < 1.29 is 18.8 Å². The van der Waals surface area contributed by atoms with E-state index in [1.54, 1.807) is 12.1 Å². The van der Waals surface area contributed by atoms with Gasteiger partial charge < -0.3 is 10.1 Å². The van der Waals surface area contributed by atoms with Gasteiger partial charge in [-0.3, -0.25) is 14.9 Å². The highest BCUT2D eigenvalue weighted by Gasteiger charge is 2.21. The van der Waals surface area contributed by atoms with Crippen LogP contribution in [0.3, 0.4) is 0 Å². The number of benzene rings is 2. The maximum absolute atomic E-state index is 13.2. The summed E-state index contributed by atoms with van der Waals surface area (Å²) in [4.78, 5) is 22.3. The van der Waals surface area contributed by atoms with Crippen molar-refractivity contribution in [2.45, 2.75) is 20.0 Å². The number of ether oxygens (including phenoxy) is 1. The van der Waals surface area contributed by atoms with Crippen molar-refractivity contribution in [3.05, 3.63) is 64.0 Å². The zero-order chi connectivity index (χ0) is 17.0. The molecule has 1 N–H and O–H groups in total. The van der Waals surface area contributed by atoms with Crippen LogP contribution in [0.15, 0.2) is 42.5 Å². The van der Waals surface area contributed by atoms with Gasteiger partial charge in [0.15, 0.2) is 6.10 Å². The Balaban J connectivity index is 2.10. The molecule has 7 heteroatoms. The first-order chi connectivity index (χ1) is 10.9. The van der Waals surface area contributed by atoms with Crippen molar-refractivity contribution in [1.82, 2.24) is 0 Å². The van der Waals surface area contributed by atoms with E-state index in [1.807, 2.05) is 19.1 Å². The third kappa shape index (κ3) is 4.26. The molecule has 0 saturated carbocycles. The first-order valence-corrected chi connectivity index (χ1v) is 6.85. The highest BCUT2D eigenvalue weighted by Crippen LogP contribution is 2.28. The number of nitro benzene ring substituents is 1. The molecular formula is C16H15FN2O4. The second-order valence-electron chi connectivity index (χ2n) is 4.98. The van der Waals surface area contributed by atoms with Gasteiger partial charge >= 0.3 is 5.69 Å². The van der Waals surface area contributed by atoms with Crippen LogP contribution < -0.4 is 10.1 Å². The number of nitrogens with zero attached hydrogens (tertiary/aromatic N) is 1. The van der Waals surface area contributed by atoms with E-state index < -0.39 is 28.4 Å². The SMILES string of the molecule is Cc1ccc(NC(=O)C(C)Oc2cc(F)ccc2[N+](=O)[O-])cc1. The standard InChI is InChI=1S/C16H15FN2O4/c1-10-3-6-13(7-4-10)18-16(20)11(2)23-15-9-12(17)5-8-14(15)19(21)22/h3-9,11H,1-2H3,(H,18,20). The fourth-order valence-electron chi connectivity index (χ4n) is 1.86. The Labute approximate surface area is 132 Å². The predicted molar refractivity (Wildman–Crippen MR) is 83.0 cm³/mol. The quantitative estimate of drug-likeness (QED) is 0.676. The van der Waals surface area contributed by atoms with Crippen molar-refractivity contribution in [3.63, 3.8) is 0 Å². The zero-order valence-electron chi connectivity index (χ0n) is 12.6.